The Balaban J connectivity index is 2.22. The first-order chi connectivity index (χ1) is 9.13. The third kappa shape index (κ3) is 3.10. The molecule has 0 aliphatic carbocycles. The largest absolute Gasteiger partial charge is 0.480 e. The van der Waals surface area contributed by atoms with Gasteiger partial charge >= 0.3 is 5.97 Å². The molecule has 1 aromatic carbocycles. The first-order valence-electron chi connectivity index (χ1n) is 6.33. The summed E-state index contributed by atoms with van der Waals surface area (Å²) >= 11 is 1.60. The minimum Gasteiger partial charge on any atom is -0.480 e. The van der Waals surface area contributed by atoms with Gasteiger partial charge in [-0.15, -0.1) is 11.8 Å². The maximum absolute atomic E-state index is 12.5. The molecule has 1 aliphatic heterocycles. The molecule has 1 N–H and O–H groups in total. The second-order valence-corrected chi connectivity index (χ2v) is 5.66. The highest BCUT2D eigenvalue weighted by molar-refractivity contribution is 8.00. The summed E-state index contributed by atoms with van der Waals surface area (Å²) in [6.07, 6.45) is 0.968. The number of aliphatic carboxylic acids is 1. The fraction of sp³-hybridized carbons (Fsp3) is 0.429. The first kappa shape index (κ1) is 13.9. The number of amides is 1. The molecule has 0 radical (unpaired) electrons. The average molecular weight is 279 g/mol. The molecule has 1 heterocycles. The van der Waals surface area contributed by atoms with Crippen molar-refractivity contribution in [1.82, 2.24) is 4.90 Å². The van der Waals surface area contributed by atoms with Crippen molar-refractivity contribution >= 4 is 23.6 Å². The molecule has 0 unspecified atom stereocenters. The number of likely N-dealkylation sites (N-methyl/N-ethyl adjacent to an activating group) is 1. The second kappa shape index (κ2) is 6.10. The zero-order chi connectivity index (χ0) is 13.8. The van der Waals surface area contributed by atoms with Crippen molar-refractivity contribution in [2.75, 3.05) is 18.8 Å². The molecule has 4 nitrogen and oxygen atoms in total. The molecule has 0 saturated carbocycles. The van der Waals surface area contributed by atoms with Gasteiger partial charge in [0.15, 0.2) is 0 Å². The van der Waals surface area contributed by atoms with Crippen LogP contribution in [0.1, 0.15) is 23.3 Å². The zero-order valence-electron chi connectivity index (χ0n) is 10.8. The number of fused-ring (bicyclic) bond motifs is 1. The van der Waals surface area contributed by atoms with E-state index in [0.29, 0.717) is 6.54 Å². The van der Waals surface area contributed by atoms with Gasteiger partial charge < -0.3 is 10.0 Å². The number of thioether (sulfide) groups is 1. The number of hydrogen-bond donors (Lipinski definition) is 1. The van der Waals surface area contributed by atoms with Gasteiger partial charge in [0, 0.05) is 6.54 Å². The van der Waals surface area contributed by atoms with Crippen molar-refractivity contribution in [2.24, 2.45) is 0 Å². The lowest BCUT2D eigenvalue weighted by Gasteiger charge is -2.29. The number of benzene rings is 1. The van der Waals surface area contributed by atoms with E-state index in [4.69, 9.17) is 5.11 Å². The van der Waals surface area contributed by atoms with E-state index in [-0.39, 0.29) is 17.7 Å². The van der Waals surface area contributed by atoms with Gasteiger partial charge in [-0.1, -0.05) is 24.3 Å². The van der Waals surface area contributed by atoms with Crippen LogP contribution >= 0.6 is 11.8 Å². The minimum absolute atomic E-state index is 0.0953. The lowest BCUT2D eigenvalue weighted by Crippen LogP contribution is -2.38. The van der Waals surface area contributed by atoms with Crippen LogP contribution in [0.2, 0.25) is 0 Å². The van der Waals surface area contributed by atoms with Crippen LogP contribution in [0.25, 0.3) is 0 Å². The van der Waals surface area contributed by atoms with Gasteiger partial charge in [0.2, 0.25) is 5.91 Å². The van der Waals surface area contributed by atoms with Gasteiger partial charge in [0.1, 0.15) is 11.8 Å². The van der Waals surface area contributed by atoms with Crippen LogP contribution in [0.4, 0.5) is 0 Å². The molecule has 1 atom stereocenters. The Labute approximate surface area is 116 Å². The minimum atomic E-state index is -0.968. The Morgan fingerprint density at radius 3 is 2.84 bits per heavy atom. The molecule has 2 rings (SSSR count). The lowest BCUT2D eigenvalue weighted by atomic mass is 10.0. The van der Waals surface area contributed by atoms with Crippen LogP contribution in [0.3, 0.4) is 0 Å². The Morgan fingerprint density at radius 1 is 1.42 bits per heavy atom. The number of hydrogen-bond acceptors (Lipinski definition) is 3. The molecule has 1 amide bonds. The molecule has 0 spiro atoms. The number of carbonyl (C=O) groups excluding carboxylic acids is 1. The Morgan fingerprint density at radius 2 is 2.16 bits per heavy atom. The highest BCUT2D eigenvalue weighted by Crippen LogP contribution is 2.37. The lowest BCUT2D eigenvalue weighted by molar-refractivity contribution is -0.144. The summed E-state index contributed by atoms with van der Waals surface area (Å²) < 4.78 is 0. The summed E-state index contributed by atoms with van der Waals surface area (Å²) in [5.41, 5.74) is 2.23. The van der Waals surface area contributed by atoms with Gasteiger partial charge in [0.05, 0.1) is 0 Å². The highest BCUT2D eigenvalue weighted by Gasteiger charge is 2.30. The van der Waals surface area contributed by atoms with Crippen molar-refractivity contribution < 1.29 is 14.7 Å². The predicted octanol–water partition coefficient (Wildman–Crippen LogP) is 1.95. The molecule has 0 aromatic heterocycles. The zero-order valence-corrected chi connectivity index (χ0v) is 11.7. The maximum atomic E-state index is 12.5. The van der Waals surface area contributed by atoms with Crippen molar-refractivity contribution in [3.8, 4) is 0 Å². The van der Waals surface area contributed by atoms with Crippen LogP contribution in [0.5, 0.6) is 0 Å². The molecule has 102 valence electrons. The summed E-state index contributed by atoms with van der Waals surface area (Å²) in [4.78, 5) is 24.7. The smallest absolute Gasteiger partial charge is 0.323 e. The Bertz CT molecular complexity index is 489. The molecule has 0 fully saturated rings. The van der Waals surface area contributed by atoms with Crippen molar-refractivity contribution in [3.05, 3.63) is 35.4 Å². The van der Waals surface area contributed by atoms with Crippen LogP contribution in [-0.4, -0.2) is 40.7 Å². The standard InChI is InChI=1S/C14H17NO3S/c1-2-15(9-12(16)17)14(18)13-11-6-4-3-5-10(11)7-8-19-13/h3-6,13H,2,7-9H2,1H3,(H,16,17)/t13-/m1/s1. The topological polar surface area (TPSA) is 57.6 Å². The van der Waals surface area contributed by atoms with Crippen molar-refractivity contribution in [3.63, 3.8) is 0 Å². The fourth-order valence-electron chi connectivity index (χ4n) is 2.27. The van der Waals surface area contributed by atoms with Crippen LogP contribution in [0.15, 0.2) is 24.3 Å². The number of carbonyl (C=O) groups is 2. The van der Waals surface area contributed by atoms with Gasteiger partial charge in [-0.3, -0.25) is 9.59 Å². The molecule has 19 heavy (non-hydrogen) atoms. The van der Waals surface area contributed by atoms with Gasteiger partial charge in [-0.2, -0.15) is 0 Å². The van der Waals surface area contributed by atoms with Gasteiger partial charge in [-0.25, -0.2) is 0 Å². The molecular weight excluding hydrogens is 262 g/mol. The normalized spacial score (nSPS) is 17.6. The van der Waals surface area contributed by atoms with E-state index in [9.17, 15) is 9.59 Å². The van der Waals surface area contributed by atoms with E-state index in [2.05, 4.69) is 0 Å². The van der Waals surface area contributed by atoms with Crippen LogP contribution < -0.4 is 0 Å². The van der Waals surface area contributed by atoms with E-state index in [0.717, 1.165) is 17.7 Å². The first-order valence-corrected chi connectivity index (χ1v) is 7.38. The van der Waals surface area contributed by atoms with Crippen molar-refractivity contribution in [1.29, 1.82) is 0 Å². The number of nitrogens with zero attached hydrogens (tertiary/aromatic N) is 1. The molecule has 1 aromatic rings. The third-order valence-electron chi connectivity index (χ3n) is 3.24. The summed E-state index contributed by atoms with van der Waals surface area (Å²) in [6, 6.07) is 7.92. The summed E-state index contributed by atoms with van der Waals surface area (Å²) in [5, 5.41) is 8.60. The third-order valence-corrected chi connectivity index (χ3v) is 4.47. The van der Waals surface area contributed by atoms with Gasteiger partial charge in [-0.05, 0) is 30.2 Å². The van der Waals surface area contributed by atoms with E-state index in [1.54, 1.807) is 18.7 Å². The quantitative estimate of drug-likeness (QED) is 0.915. The summed E-state index contributed by atoms with van der Waals surface area (Å²) in [5.74, 6) is -0.163. The number of aryl methyl sites for hydroxylation is 1. The number of rotatable bonds is 4. The van der Waals surface area contributed by atoms with E-state index < -0.39 is 5.97 Å². The van der Waals surface area contributed by atoms with E-state index in [1.165, 1.54) is 10.5 Å². The maximum Gasteiger partial charge on any atom is 0.323 e. The summed E-state index contributed by atoms with van der Waals surface area (Å²) in [7, 11) is 0. The van der Waals surface area contributed by atoms with E-state index >= 15 is 0 Å². The Kier molecular flexibility index (Phi) is 4.47. The monoisotopic (exact) mass is 279 g/mol. The average Bonchev–Trinajstić information content (AvgIpc) is 2.43. The summed E-state index contributed by atoms with van der Waals surface area (Å²) in [6.45, 7) is 2.00. The van der Waals surface area contributed by atoms with E-state index in [1.807, 2.05) is 24.3 Å². The second-order valence-electron chi connectivity index (χ2n) is 4.45. The Hall–Kier alpha value is -1.49. The number of carboxylic acid groups (broad SMARTS) is 1. The molecule has 0 bridgehead atoms. The molecular formula is C14H17NO3S. The molecule has 0 saturated heterocycles. The molecule has 1 aliphatic rings. The predicted molar refractivity (Wildman–Crippen MR) is 75.2 cm³/mol. The fourth-order valence-corrected chi connectivity index (χ4v) is 3.55. The molecule has 5 heteroatoms. The number of carboxylic acids is 1. The highest BCUT2D eigenvalue weighted by atomic mass is 32.2. The van der Waals surface area contributed by atoms with Crippen molar-refractivity contribution in [2.45, 2.75) is 18.6 Å². The van der Waals surface area contributed by atoms with Gasteiger partial charge in [0.25, 0.3) is 0 Å². The SMILES string of the molecule is CCN(CC(=O)O)C(=O)[C@@H]1SCCc2ccccc21. The van der Waals surface area contributed by atoms with Crippen LogP contribution in [0, 0.1) is 0 Å². The van der Waals surface area contributed by atoms with Crippen LogP contribution in [-0.2, 0) is 16.0 Å².